The number of aliphatic hydroxyl groups excluding tert-OH is 1. The Morgan fingerprint density at radius 1 is 1.00 bits per heavy atom. The van der Waals surface area contributed by atoms with Crippen molar-refractivity contribution in [3.8, 4) is 17.2 Å². The lowest BCUT2D eigenvalue weighted by molar-refractivity contribution is -0.0289. The van der Waals surface area contributed by atoms with Gasteiger partial charge in [0.25, 0.3) is 5.92 Å². The first-order valence-electron chi connectivity index (χ1n) is 5.29. The normalized spacial score (nSPS) is 11.2. The number of hydrogen-bond acceptors (Lipinski definition) is 4. The van der Waals surface area contributed by atoms with Crippen LogP contribution in [0, 0.1) is 0 Å². The molecule has 0 saturated carbocycles. The Labute approximate surface area is 104 Å². The molecule has 1 aromatic rings. The first-order valence-corrected chi connectivity index (χ1v) is 5.29. The quantitative estimate of drug-likeness (QED) is 0.853. The number of hydrogen-bond donors (Lipinski definition) is 1. The van der Waals surface area contributed by atoms with Crippen molar-refractivity contribution in [2.45, 2.75) is 12.3 Å². The van der Waals surface area contributed by atoms with Crippen molar-refractivity contribution in [1.82, 2.24) is 0 Å². The summed E-state index contributed by atoms with van der Waals surface area (Å²) in [5.74, 6) is -2.71. The second-order valence-electron chi connectivity index (χ2n) is 3.59. The largest absolute Gasteiger partial charge is 0.496 e. The number of rotatable bonds is 6. The molecule has 1 N–H and O–H groups in total. The lowest BCUT2D eigenvalue weighted by Gasteiger charge is -2.20. The van der Waals surface area contributed by atoms with Crippen molar-refractivity contribution in [1.29, 1.82) is 0 Å². The minimum Gasteiger partial charge on any atom is -0.496 e. The van der Waals surface area contributed by atoms with Gasteiger partial charge >= 0.3 is 0 Å². The summed E-state index contributed by atoms with van der Waals surface area (Å²) in [6.07, 6.45) is -0.682. The molecule has 0 aromatic heterocycles. The van der Waals surface area contributed by atoms with E-state index >= 15 is 0 Å². The number of aliphatic hydroxyl groups is 1. The van der Waals surface area contributed by atoms with Gasteiger partial charge in [-0.05, 0) is 6.07 Å². The SMILES string of the molecule is COc1cc(OC)c(C(F)(F)CCO)cc1OC. The number of ether oxygens (including phenoxy) is 3. The van der Waals surface area contributed by atoms with Crippen LogP contribution >= 0.6 is 0 Å². The monoisotopic (exact) mass is 262 g/mol. The number of methoxy groups -OCH3 is 3. The fourth-order valence-electron chi connectivity index (χ4n) is 1.59. The molecule has 1 rings (SSSR count). The van der Waals surface area contributed by atoms with E-state index in [-0.39, 0.29) is 17.1 Å². The molecular formula is C12H16F2O4. The molecule has 0 aliphatic heterocycles. The molecule has 0 atom stereocenters. The van der Waals surface area contributed by atoms with Gasteiger partial charge in [-0.15, -0.1) is 0 Å². The molecule has 0 radical (unpaired) electrons. The van der Waals surface area contributed by atoms with E-state index in [1.54, 1.807) is 0 Å². The number of alkyl halides is 2. The summed E-state index contributed by atoms with van der Waals surface area (Å²) in [6.45, 7) is -0.621. The molecule has 0 aliphatic carbocycles. The standard InChI is InChI=1S/C12H16F2O4/c1-16-9-7-11(18-3)10(17-2)6-8(9)12(13,14)4-5-15/h6-7,15H,4-5H2,1-3H3. The van der Waals surface area contributed by atoms with Gasteiger partial charge in [-0.1, -0.05) is 0 Å². The van der Waals surface area contributed by atoms with E-state index < -0.39 is 19.0 Å². The zero-order valence-electron chi connectivity index (χ0n) is 10.5. The summed E-state index contributed by atoms with van der Waals surface area (Å²) in [7, 11) is 4.06. The van der Waals surface area contributed by atoms with Crippen molar-refractivity contribution in [3.63, 3.8) is 0 Å². The second kappa shape index (κ2) is 5.86. The van der Waals surface area contributed by atoms with Crippen LogP contribution in [-0.2, 0) is 5.92 Å². The van der Waals surface area contributed by atoms with Crippen molar-refractivity contribution < 1.29 is 28.1 Å². The van der Waals surface area contributed by atoms with E-state index in [0.29, 0.717) is 5.75 Å². The van der Waals surface area contributed by atoms with Crippen LogP contribution in [0.1, 0.15) is 12.0 Å². The van der Waals surface area contributed by atoms with Crippen molar-refractivity contribution in [2.75, 3.05) is 27.9 Å². The van der Waals surface area contributed by atoms with Gasteiger partial charge in [0.1, 0.15) is 5.75 Å². The van der Waals surface area contributed by atoms with E-state index in [1.807, 2.05) is 0 Å². The van der Waals surface area contributed by atoms with Gasteiger partial charge in [-0.2, -0.15) is 0 Å². The second-order valence-corrected chi connectivity index (χ2v) is 3.59. The Hall–Kier alpha value is -1.56. The first-order chi connectivity index (χ1) is 8.50. The van der Waals surface area contributed by atoms with Crippen LogP contribution in [0.4, 0.5) is 8.78 Å². The molecule has 18 heavy (non-hydrogen) atoms. The van der Waals surface area contributed by atoms with E-state index in [0.717, 1.165) is 6.07 Å². The number of halogens is 2. The summed E-state index contributed by atoms with van der Waals surface area (Å²) in [4.78, 5) is 0. The molecule has 1 aromatic carbocycles. The first kappa shape index (κ1) is 14.5. The van der Waals surface area contributed by atoms with Crippen LogP contribution in [-0.4, -0.2) is 33.0 Å². The van der Waals surface area contributed by atoms with E-state index in [1.165, 1.54) is 27.4 Å². The van der Waals surface area contributed by atoms with Gasteiger partial charge in [0.2, 0.25) is 0 Å². The fraction of sp³-hybridized carbons (Fsp3) is 0.500. The van der Waals surface area contributed by atoms with Gasteiger partial charge in [-0.3, -0.25) is 0 Å². The van der Waals surface area contributed by atoms with Crippen LogP contribution < -0.4 is 14.2 Å². The van der Waals surface area contributed by atoms with Crippen LogP contribution in [0.3, 0.4) is 0 Å². The van der Waals surface area contributed by atoms with Gasteiger partial charge in [0, 0.05) is 19.1 Å². The smallest absolute Gasteiger partial charge is 0.279 e. The Morgan fingerprint density at radius 3 is 1.94 bits per heavy atom. The summed E-state index contributed by atoms with van der Waals surface area (Å²) in [6, 6.07) is 2.49. The molecule has 0 saturated heterocycles. The maximum Gasteiger partial charge on any atom is 0.279 e. The third-order valence-electron chi connectivity index (χ3n) is 2.53. The predicted molar refractivity (Wildman–Crippen MR) is 61.7 cm³/mol. The predicted octanol–water partition coefficient (Wildman–Crippen LogP) is 2.19. The van der Waals surface area contributed by atoms with Crippen molar-refractivity contribution in [2.24, 2.45) is 0 Å². The molecule has 0 amide bonds. The number of benzene rings is 1. The zero-order chi connectivity index (χ0) is 13.8. The summed E-state index contributed by atoms with van der Waals surface area (Å²) >= 11 is 0. The minimum atomic E-state index is -3.19. The van der Waals surface area contributed by atoms with Crippen molar-refractivity contribution >= 4 is 0 Å². The molecule has 0 spiro atoms. The Balaban J connectivity index is 3.33. The van der Waals surface area contributed by atoms with Crippen LogP contribution in [0.15, 0.2) is 12.1 Å². The third-order valence-corrected chi connectivity index (χ3v) is 2.53. The van der Waals surface area contributed by atoms with Gasteiger partial charge < -0.3 is 19.3 Å². The summed E-state index contributed by atoms with van der Waals surface area (Å²) in [5, 5.41) is 8.68. The molecule has 0 bridgehead atoms. The van der Waals surface area contributed by atoms with Crippen LogP contribution in [0.5, 0.6) is 17.2 Å². The molecule has 0 fully saturated rings. The highest BCUT2D eigenvalue weighted by atomic mass is 19.3. The zero-order valence-corrected chi connectivity index (χ0v) is 10.5. The lowest BCUT2D eigenvalue weighted by atomic mass is 10.0. The third kappa shape index (κ3) is 2.81. The Kier molecular flexibility index (Phi) is 4.72. The molecule has 0 unspecified atom stereocenters. The highest BCUT2D eigenvalue weighted by Crippen LogP contribution is 2.43. The van der Waals surface area contributed by atoms with Crippen LogP contribution in [0.2, 0.25) is 0 Å². The van der Waals surface area contributed by atoms with Gasteiger partial charge in [0.05, 0.1) is 26.9 Å². The molecule has 0 heterocycles. The Morgan fingerprint density at radius 2 is 1.50 bits per heavy atom. The van der Waals surface area contributed by atoms with E-state index in [2.05, 4.69) is 0 Å². The molecule has 6 heteroatoms. The fourth-order valence-corrected chi connectivity index (χ4v) is 1.59. The highest BCUT2D eigenvalue weighted by Gasteiger charge is 2.35. The van der Waals surface area contributed by atoms with Gasteiger partial charge in [-0.25, -0.2) is 8.78 Å². The lowest BCUT2D eigenvalue weighted by Crippen LogP contribution is -2.17. The average molecular weight is 262 g/mol. The Bertz CT molecular complexity index is 407. The van der Waals surface area contributed by atoms with Gasteiger partial charge in [0.15, 0.2) is 11.5 Å². The maximum atomic E-state index is 13.8. The summed E-state index contributed by atoms with van der Waals surface area (Å²) in [5.41, 5.74) is -0.336. The van der Waals surface area contributed by atoms with E-state index in [9.17, 15) is 8.78 Å². The van der Waals surface area contributed by atoms with Crippen molar-refractivity contribution in [3.05, 3.63) is 17.7 Å². The maximum absolute atomic E-state index is 13.8. The van der Waals surface area contributed by atoms with Crippen LogP contribution in [0.25, 0.3) is 0 Å². The highest BCUT2D eigenvalue weighted by molar-refractivity contribution is 5.52. The molecule has 4 nitrogen and oxygen atoms in total. The van der Waals surface area contributed by atoms with E-state index in [4.69, 9.17) is 19.3 Å². The molecule has 0 aliphatic rings. The average Bonchev–Trinajstić information content (AvgIpc) is 2.36. The summed E-state index contributed by atoms with van der Waals surface area (Å²) < 4.78 is 42.5. The topological polar surface area (TPSA) is 47.9 Å². The molecule has 102 valence electrons. The minimum absolute atomic E-state index is 0.00824. The molecular weight excluding hydrogens is 246 g/mol.